The summed E-state index contributed by atoms with van der Waals surface area (Å²) in [4.78, 5) is 0. The summed E-state index contributed by atoms with van der Waals surface area (Å²) in [5.74, 6) is -0.549. The Morgan fingerprint density at radius 1 is 1.33 bits per heavy atom. The Hall–Kier alpha value is -0.810. The summed E-state index contributed by atoms with van der Waals surface area (Å²) in [6.45, 7) is 2.21. The third kappa shape index (κ3) is 4.82. The van der Waals surface area contributed by atoms with Crippen molar-refractivity contribution in [1.29, 1.82) is 0 Å². The first kappa shape index (κ1) is 15.2. The van der Waals surface area contributed by atoms with Crippen molar-refractivity contribution < 1.29 is 17.6 Å². The number of halogens is 5. The summed E-state index contributed by atoms with van der Waals surface area (Å²) < 4.78 is 50.2. The molecule has 1 atom stereocenters. The zero-order chi connectivity index (χ0) is 13.8. The predicted molar refractivity (Wildman–Crippen MR) is 63.1 cm³/mol. The number of nitrogens with one attached hydrogen (secondary N) is 1. The van der Waals surface area contributed by atoms with E-state index in [1.165, 1.54) is 12.1 Å². The fourth-order valence-electron chi connectivity index (χ4n) is 1.70. The van der Waals surface area contributed by atoms with E-state index in [9.17, 15) is 17.6 Å². The first-order valence-electron chi connectivity index (χ1n) is 5.58. The van der Waals surface area contributed by atoms with Gasteiger partial charge in [0.05, 0.1) is 0 Å². The van der Waals surface area contributed by atoms with E-state index in [-0.39, 0.29) is 12.0 Å². The third-order valence-electron chi connectivity index (χ3n) is 2.50. The number of benzene rings is 1. The Morgan fingerprint density at radius 2 is 2.00 bits per heavy atom. The lowest BCUT2D eigenvalue weighted by molar-refractivity contribution is -0.136. The molecule has 0 saturated heterocycles. The molecule has 1 aromatic rings. The van der Waals surface area contributed by atoms with Crippen LogP contribution in [0.3, 0.4) is 0 Å². The van der Waals surface area contributed by atoms with Crippen LogP contribution < -0.4 is 5.32 Å². The van der Waals surface area contributed by atoms with Crippen LogP contribution in [-0.4, -0.2) is 12.7 Å². The van der Waals surface area contributed by atoms with Crippen LogP contribution in [0, 0.1) is 5.82 Å². The van der Waals surface area contributed by atoms with Crippen LogP contribution in [-0.2, 0) is 0 Å². The molecule has 0 spiro atoms. The lowest BCUT2D eigenvalue weighted by atomic mass is 10.0. The number of rotatable bonds is 5. The molecule has 1 unspecified atom stereocenters. The Bertz CT molecular complexity index is 392. The van der Waals surface area contributed by atoms with Crippen molar-refractivity contribution in [3.63, 3.8) is 0 Å². The molecule has 0 aliphatic heterocycles. The quantitative estimate of drug-likeness (QED) is 0.786. The second kappa shape index (κ2) is 6.38. The van der Waals surface area contributed by atoms with Crippen LogP contribution in [0.4, 0.5) is 17.6 Å². The molecule has 102 valence electrons. The molecule has 0 bridgehead atoms. The van der Waals surface area contributed by atoms with Gasteiger partial charge >= 0.3 is 6.18 Å². The molecule has 0 aliphatic carbocycles. The Kier molecular flexibility index (Phi) is 5.41. The highest BCUT2D eigenvalue weighted by molar-refractivity contribution is 6.30. The van der Waals surface area contributed by atoms with E-state index in [2.05, 4.69) is 5.32 Å². The van der Waals surface area contributed by atoms with Gasteiger partial charge in [-0.1, -0.05) is 18.5 Å². The van der Waals surface area contributed by atoms with Crippen LogP contribution in [0.2, 0.25) is 5.02 Å². The molecular formula is C12H14ClF4N. The molecular weight excluding hydrogens is 270 g/mol. The molecule has 1 N–H and O–H groups in total. The fraction of sp³-hybridized carbons (Fsp3) is 0.500. The van der Waals surface area contributed by atoms with Gasteiger partial charge in [-0.3, -0.25) is 0 Å². The molecule has 0 aromatic heterocycles. The highest BCUT2D eigenvalue weighted by atomic mass is 35.5. The summed E-state index contributed by atoms with van der Waals surface area (Å²) in [7, 11) is 0. The van der Waals surface area contributed by atoms with Crippen molar-refractivity contribution in [1.82, 2.24) is 5.32 Å². The second-order valence-corrected chi connectivity index (χ2v) is 4.37. The minimum absolute atomic E-state index is 0.175. The molecule has 1 rings (SSSR count). The van der Waals surface area contributed by atoms with Crippen molar-refractivity contribution in [3.8, 4) is 0 Å². The minimum atomic E-state index is -4.25. The molecule has 1 nitrogen and oxygen atoms in total. The third-order valence-corrected chi connectivity index (χ3v) is 2.74. The zero-order valence-corrected chi connectivity index (χ0v) is 10.6. The van der Waals surface area contributed by atoms with Gasteiger partial charge in [0.15, 0.2) is 0 Å². The van der Waals surface area contributed by atoms with Gasteiger partial charge in [0.25, 0.3) is 0 Å². The number of hydrogen-bond donors (Lipinski definition) is 1. The highest BCUT2D eigenvalue weighted by Gasteiger charge is 2.29. The average Bonchev–Trinajstić information content (AvgIpc) is 2.26. The van der Waals surface area contributed by atoms with Crippen LogP contribution >= 0.6 is 11.6 Å². The average molecular weight is 284 g/mol. The lowest BCUT2D eigenvalue weighted by Gasteiger charge is -2.20. The molecule has 0 heterocycles. The van der Waals surface area contributed by atoms with Crippen molar-refractivity contribution in [2.75, 3.05) is 6.54 Å². The zero-order valence-electron chi connectivity index (χ0n) is 9.82. The van der Waals surface area contributed by atoms with Crippen LogP contribution in [0.25, 0.3) is 0 Å². The normalized spacial score (nSPS) is 13.7. The van der Waals surface area contributed by atoms with Crippen LogP contribution in [0.1, 0.15) is 31.4 Å². The van der Waals surface area contributed by atoms with E-state index in [0.717, 1.165) is 6.07 Å². The Labute approximate surface area is 108 Å². The van der Waals surface area contributed by atoms with Crippen LogP contribution in [0.5, 0.6) is 0 Å². The largest absolute Gasteiger partial charge is 0.389 e. The van der Waals surface area contributed by atoms with Gasteiger partial charge in [-0.05, 0) is 31.2 Å². The maximum Gasteiger partial charge on any atom is 0.389 e. The minimum Gasteiger partial charge on any atom is -0.310 e. The SMILES string of the molecule is CCNC(CCC(F)(F)F)c1cc(Cl)ccc1F. The Balaban J connectivity index is 2.86. The van der Waals surface area contributed by atoms with Crippen molar-refractivity contribution in [2.45, 2.75) is 32.0 Å². The molecule has 0 radical (unpaired) electrons. The van der Waals surface area contributed by atoms with Gasteiger partial charge in [-0.25, -0.2) is 4.39 Å². The summed E-state index contributed by atoms with van der Waals surface area (Å²) >= 11 is 5.73. The van der Waals surface area contributed by atoms with E-state index in [1.807, 2.05) is 0 Å². The van der Waals surface area contributed by atoms with E-state index in [0.29, 0.717) is 11.6 Å². The van der Waals surface area contributed by atoms with Gasteiger partial charge in [0, 0.05) is 23.0 Å². The van der Waals surface area contributed by atoms with Crippen LogP contribution in [0.15, 0.2) is 18.2 Å². The molecule has 0 aliphatic rings. The molecule has 0 amide bonds. The van der Waals surface area contributed by atoms with Crippen molar-refractivity contribution in [3.05, 3.63) is 34.6 Å². The number of hydrogen-bond acceptors (Lipinski definition) is 1. The molecule has 6 heteroatoms. The van der Waals surface area contributed by atoms with E-state index < -0.39 is 24.5 Å². The molecule has 0 saturated carbocycles. The highest BCUT2D eigenvalue weighted by Crippen LogP contribution is 2.29. The van der Waals surface area contributed by atoms with E-state index in [4.69, 9.17) is 11.6 Å². The fourth-order valence-corrected chi connectivity index (χ4v) is 1.88. The topological polar surface area (TPSA) is 12.0 Å². The lowest BCUT2D eigenvalue weighted by Crippen LogP contribution is -2.24. The maximum atomic E-state index is 13.6. The van der Waals surface area contributed by atoms with Gasteiger partial charge < -0.3 is 5.32 Å². The second-order valence-electron chi connectivity index (χ2n) is 3.93. The molecule has 18 heavy (non-hydrogen) atoms. The summed E-state index contributed by atoms with van der Waals surface area (Å²) in [6, 6.07) is 3.21. The summed E-state index contributed by atoms with van der Waals surface area (Å²) in [5, 5.41) is 3.15. The van der Waals surface area contributed by atoms with Crippen molar-refractivity contribution in [2.24, 2.45) is 0 Å². The van der Waals surface area contributed by atoms with E-state index >= 15 is 0 Å². The predicted octanol–water partition coefficient (Wildman–Crippen LogP) is 4.47. The van der Waals surface area contributed by atoms with Crippen molar-refractivity contribution >= 4 is 11.6 Å². The molecule has 0 fully saturated rings. The first-order chi connectivity index (χ1) is 8.33. The monoisotopic (exact) mass is 283 g/mol. The van der Waals surface area contributed by atoms with Gasteiger partial charge in [-0.15, -0.1) is 0 Å². The Morgan fingerprint density at radius 3 is 2.56 bits per heavy atom. The summed E-state index contributed by atoms with van der Waals surface area (Å²) in [5.41, 5.74) is 0.175. The first-order valence-corrected chi connectivity index (χ1v) is 5.96. The maximum absolute atomic E-state index is 13.6. The number of alkyl halides is 3. The van der Waals surface area contributed by atoms with Gasteiger partial charge in [0.2, 0.25) is 0 Å². The van der Waals surface area contributed by atoms with Gasteiger partial charge in [0.1, 0.15) is 5.82 Å². The van der Waals surface area contributed by atoms with Gasteiger partial charge in [-0.2, -0.15) is 13.2 Å². The smallest absolute Gasteiger partial charge is 0.310 e. The van der Waals surface area contributed by atoms with E-state index in [1.54, 1.807) is 6.92 Å². The standard InChI is InChI=1S/C12H14ClF4N/c1-2-18-11(5-6-12(15,16)17)9-7-8(13)3-4-10(9)14/h3-4,7,11,18H,2,5-6H2,1H3. The summed E-state index contributed by atoms with van der Waals surface area (Å²) in [6.07, 6.45) is -5.42. The molecule has 1 aromatic carbocycles.